The second kappa shape index (κ2) is 6.35. The minimum atomic E-state index is 0.119. The number of nitrogens with zero attached hydrogens (tertiary/aromatic N) is 1. The smallest absolute Gasteiger partial charge is 0.0705 e. The van der Waals surface area contributed by atoms with Crippen LogP contribution in [0.1, 0.15) is 29.1 Å². The Labute approximate surface area is 128 Å². The van der Waals surface area contributed by atoms with Gasteiger partial charge in [0.25, 0.3) is 0 Å². The third kappa shape index (κ3) is 2.97. The lowest BCUT2D eigenvalue weighted by Gasteiger charge is -2.16. The van der Waals surface area contributed by atoms with Crippen molar-refractivity contribution in [3.8, 4) is 0 Å². The molecule has 2 aromatic heterocycles. The van der Waals surface area contributed by atoms with Gasteiger partial charge in [-0.05, 0) is 35.6 Å². The van der Waals surface area contributed by atoms with Crippen LogP contribution < -0.4 is 11.3 Å². The van der Waals surface area contributed by atoms with E-state index in [9.17, 15) is 0 Å². The molecule has 3 aromatic rings. The third-order valence-electron chi connectivity index (χ3n) is 3.75. The zero-order valence-corrected chi connectivity index (χ0v) is 12.9. The van der Waals surface area contributed by atoms with Crippen molar-refractivity contribution in [1.82, 2.24) is 10.4 Å². The van der Waals surface area contributed by atoms with Gasteiger partial charge in [-0.3, -0.25) is 16.3 Å². The molecule has 0 spiro atoms. The van der Waals surface area contributed by atoms with Crippen molar-refractivity contribution in [2.45, 2.75) is 25.8 Å². The number of para-hydroxylation sites is 1. The lowest BCUT2D eigenvalue weighted by molar-refractivity contribution is 0.551. The summed E-state index contributed by atoms with van der Waals surface area (Å²) in [5.74, 6) is 5.78. The topological polar surface area (TPSA) is 50.9 Å². The molecule has 3 rings (SSSR count). The minimum absolute atomic E-state index is 0.119. The highest BCUT2D eigenvalue weighted by molar-refractivity contribution is 7.10. The molecule has 21 heavy (non-hydrogen) atoms. The van der Waals surface area contributed by atoms with Gasteiger partial charge in [0.05, 0.1) is 11.6 Å². The largest absolute Gasteiger partial charge is 0.271 e. The maximum Gasteiger partial charge on any atom is 0.0705 e. The molecule has 0 radical (unpaired) electrons. The quantitative estimate of drug-likeness (QED) is 0.559. The maximum atomic E-state index is 5.78. The maximum absolute atomic E-state index is 5.78. The summed E-state index contributed by atoms with van der Waals surface area (Å²) in [7, 11) is 0. The summed E-state index contributed by atoms with van der Waals surface area (Å²) in [5.41, 5.74) is 6.41. The van der Waals surface area contributed by atoms with Crippen molar-refractivity contribution in [3.63, 3.8) is 0 Å². The average Bonchev–Trinajstić information content (AvgIpc) is 3.01. The van der Waals surface area contributed by atoms with Gasteiger partial charge in [0, 0.05) is 22.4 Å². The van der Waals surface area contributed by atoms with Crippen LogP contribution in [0.3, 0.4) is 0 Å². The second-order valence-electron chi connectivity index (χ2n) is 5.08. The third-order valence-corrected chi connectivity index (χ3v) is 4.82. The predicted octanol–water partition coefficient (Wildman–Crippen LogP) is 3.61. The number of nitrogens with one attached hydrogen (secondary N) is 1. The standard InChI is InChI=1S/C17H19N3S/c1-2-12-9-10-21-17(12)16(20-18)11-14-8-7-13-5-3-4-6-15(13)19-14/h3-10,16,20H,2,11,18H2,1H3. The number of pyridine rings is 1. The Hall–Kier alpha value is -1.75. The van der Waals surface area contributed by atoms with Crippen LogP contribution in [0.15, 0.2) is 47.8 Å². The van der Waals surface area contributed by atoms with Gasteiger partial charge in [0.1, 0.15) is 0 Å². The van der Waals surface area contributed by atoms with Gasteiger partial charge < -0.3 is 0 Å². The van der Waals surface area contributed by atoms with Crippen molar-refractivity contribution >= 4 is 22.2 Å². The molecule has 0 aliphatic heterocycles. The van der Waals surface area contributed by atoms with E-state index >= 15 is 0 Å². The van der Waals surface area contributed by atoms with Gasteiger partial charge in [0.2, 0.25) is 0 Å². The van der Waals surface area contributed by atoms with Crippen molar-refractivity contribution in [1.29, 1.82) is 0 Å². The Morgan fingerprint density at radius 1 is 1.19 bits per heavy atom. The number of hydrogen-bond acceptors (Lipinski definition) is 4. The first kappa shape index (κ1) is 14.2. The lowest BCUT2D eigenvalue weighted by atomic mass is 10.0. The number of aryl methyl sites for hydroxylation is 1. The zero-order valence-electron chi connectivity index (χ0n) is 12.0. The van der Waals surface area contributed by atoms with Crippen LogP contribution in [0.4, 0.5) is 0 Å². The van der Waals surface area contributed by atoms with Gasteiger partial charge in [-0.1, -0.05) is 31.2 Å². The molecular weight excluding hydrogens is 278 g/mol. The van der Waals surface area contributed by atoms with Crippen LogP contribution in [0.25, 0.3) is 10.9 Å². The first-order valence-corrected chi connectivity index (χ1v) is 8.07. The van der Waals surface area contributed by atoms with Crippen LogP contribution in [0.5, 0.6) is 0 Å². The Bertz CT molecular complexity index is 735. The fraction of sp³-hybridized carbons (Fsp3) is 0.235. The molecular formula is C17H19N3S. The van der Waals surface area contributed by atoms with E-state index in [0.29, 0.717) is 0 Å². The van der Waals surface area contributed by atoms with E-state index < -0.39 is 0 Å². The summed E-state index contributed by atoms with van der Waals surface area (Å²) in [6, 6.07) is 14.7. The molecule has 4 heteroatoms. The van der Waals surface area contributed by atoms with Gasteiger partial charge in [0.15, 0.2) is 0 Å². The molecule has 0 bridgehead atoms. The molecule has 3 N–H and O–H groups in total. The molecule has 2 heterocycles. The fourth-order valence-corrected chi connectivity index (χ4v) is 3.66. The number of hydrazine groups is 1. The first-order valence-electron chi connectivity index (χ1n) is 7.19. The minimum Gasteiger partial charge on any atom is -0.271 e. The number of thiophene rings is 1. The second-order valence-corrected chi connectivity index (χ2v) is 6.03. The van der Waals surface area contributed by atoms with Gasteiger partial charge in [-0.25, -0.2) is 0 Å². The highest BCUT2D eigenvalue weighted by Gasteiger charge is 2.16. The van der Waals surface area contributed by atoms with Crippen molar-refractivity contribution in [2.75, 3.05) is 0 Å². The van der Waals surface area contributed by atoms with Crippen molar-refractivity contribution < 1.29 is 0 Å². The summed E-state index contributed by atoms with van der Waals surface area (Å²) in [6.45, 7) is 2.17. The summed E-state index contributed by atoms with van der Waals surface area (Å²) >= 11 is 1.76. The number of benzene rings is 1. The van der Waals surface area contributed by atoms with Gasteiger partial charge >= 0.3 is 0 Å². The molecule has 108 valence electrons. The van der Waals surface area contributed by atoms with Gasteiger partial charge in [-0.15, -0.1) is 11.3 Å². The SMILES string of the molecule is CCc1ccsc1C(Cc1ccc2ccccc2n1)NN. The van der Waals surface area contributed by atoms with Crippen molar-refractivity contribution in [3.05, 3.63) is 64.0 Å². The fourth-order valence-electron chi connectivity index (χ4n) is 2.60. The molecule has 0 fully saturated rings. The van der Waals surface area contributed by atoms with E-state index in [1.807, 2.05) is 18.2 Å². The number of fused-ring (bicyclic) bond motifs is 1. The van der Waals surface area contributed by atoms with Crippen molar-refractivity contribution in [2.24, 2.45) is 5.84 Å². The predicted molar refractivity (Wildman–Crippen MR) is 89.2 cm³/mol. The number of rotatable bonds is 5. The molecule has 1 aromatic carbocycles. The average molecular weight is 297 g/mol. The Morgan fingerprint density at radius 2 is 2.05 bits per heavy atom. The zero-order chi connectivity index (χ0) is 14.7. The van der Waals surface area contributed by atoms with Crippen LogP contribution in [-0.2, 0) is 12.8 Å². The number of hydrogen-bond donors (Lipinski definition) is 2. The van der Waals surface area contributed by atoms with Gasteiger partial charge in [-0.2, -0.15) is 0 Å². The van der Waals surface area contributed by atoms with Crippen LogP contribution >= 0.6 is 11.3 Å². The summed E-state index contributed by atoms with van der Waals surface area (Å²) in [5, 5.41) is 3.30. The Kier molecular flexibility index (Phi) is 4.29. The van der Waals surface area contributed by atoms with E-state index in [2.05, 4.69) is 42.0 Å². The molecule has 3 nitrogen and oxygen atoms in total. The van der Waals surface area contributed by atoms with E-state index in [1.54, 1.807) is 11.3 Å². The summed E-state index contributed by atoms with van der Waals surface area (Å²) in [6.07, 6.45) is 1.83. The van der Waals surface area contributed by atoms with E-state index in [0.717, 1.165) is 24.1 Å². The van der Waals surface area contributed by atoms with Crippen LogP contribution in [0.2, 0.25) is 0 Å². The highest BCUT2D eigenvalue weighted by Crippen LogP contribution is 2.27. The molecule has 1 unspecified atom stereocenters. The van der Waals surface area contributed by atoms with E-state index in [-0.39, 0.29) is 6.04 Å². The molecule has 0 aliphatic rings. The summed E-state index contributed by atoms with van der Waals surface area (Å²) in [4.78, 5) is 6.05. The number of nitrogens with two attached hydrogens (primary N) is 1. The Balaban J connectivity index is 1.88. The number of aromatic nitrogens is 1. The van der Waals surface area contributed by atoms with E-state index in [1.165, 1.54) is 15.8 Å². The molecule has 1 atom stereocenters. The molecule has 0 saturated heterocycles. The van der Waals surface area contributed by atoms with Crippen LogP contribution in [-0.4, -0.2) is 4.98 Å². The monoisotopic (exact) mass is 297 g/mol. The summed E-state index contributed by atoms with van der Waals surface area (Å²) < 4.78 is 0. The van der Waals surface area contributed by atoms with E-state index in [4.69, 9.17) is 10.8 Å². The first-order chi connectivity index (χ1) is 10.3. The van der Waals surface area contributed by atoms with Crippen LogP contribution in [0, 0.1) is 0 Å². The normalized spacial score (nSPS) is 12.7. The molecule has 0 saturated carbocycles. The molecule has 0 amide bonds. The Morgan fingerprint density at radius 3 is 2.86 bits per heavy atom. The molecule has 0 aliphatic carbocycles. The lowest BCUT2D eigenvalue weighted by Crippen LogP contribution is -2.29. The highest BCUT2D eigenvalue weighted by atomic mass is 32.1.